The summed E-state index contributed by atoms with van der Waals surface area (Å²) in [6.45, 7) is 18.9. The smallest absolute Gasteiger partial charge is 0.237 e. The summed E-state index contributed by atoms with van der Waals surface area (Å²) in [6, 6.07) is 0.164. The average molecular weight is 399 g/mol. The summed E-state index contributed by atoms with van der Waals surface area (Å²) in [5.41, 5.74) is 0. The minimum atomic E-state index is 0.0281. The van der Waals surface area contributed by atoms with Crippen molar-refractivity contribution < 1.29 is 14.3 Å². The van der Waals surface area contributed by atoms with Crippen molar-refractivity contribution in [1.82, 2.24) is 10.2 Å². The van der Waals surface area contributed by atoms with Crippen molar-refractivity contribution in [3.8, 4) is 0 Å². The maximum atomic E-state index is 12.8. The SMILES string of the molecule is CC(CCN1CCCC1C(=O)NC(C)CC(C)OC(C)C)CC(C)OC(C)C. The summed E-state index contributed by atoms with van der Waals surface area (Å²) in [4.78, 5) is 15.2. The fraction of sp³-hybridized carbons (Fsp3) is 0.957. The van der Waals surface area contributed by atoms with Crippen molar-refractivity contribution in [1.29, 1.82) is 0 Å². The first-order valence-corrected chi connectivity index (χ1v) is 11.4. The molecule has 5 unspecified atom stereocenters. The maximum absolute atomic E-state index is 12.8. The monoisotopic (exact) mass is 398 g/mol. The van der Waals surface area contributed by atoms with Crippen LogP contribution >= 0.6 is 0 Å². The Hall–Kier alpha value is -0.650. The summed E-state index contributed by atoms with van der Waals surface area (Å²) in [6.07, 6.45) is 6.08. The molecule has 0 saturated carbocycles. The van der Waals surface area contributed by atoms with E-state index in [4.69, 9.17) is 9.47 Å². The van der Waals surface area contributed by atoms with Gasteiger partial charge >= 0.3 is 0 Å². The Morgan fingerprint density at radius 2 is 1.54 bits per heavy atom. The third-order valence-electron chi connectivity index (χ3n) is 5.39. The number of hydrogen-bond acceptors (Lipinski definition) is 4. The third kappa shape index (κ3) is 10.2. The fourth-order valence-corrected chi connectivity index (χ4v) is 4.40. The molecular weight excluding hydrogens is 352 g/mol. The molecule has 0 bridgehead atoms. The van der Waals surface area contributed by atoms with Gasteiger partial charge < -0.3 is 14.8 Å². The molecule has 1 aliphatic rings. The van der Waals surface area contributed by atoms with Crippen LogP contribution in [0.1, 0.15) is 87.5 Å². The first-order chi connectivity index (χ1) is 13.1. The largest absolute Gasteiger partial charge is 0.376 e. The molecule has 28 heavy (non-hydrogen) atoms. The van der Waals surface area contributed by atoms with Crippen LogP contribution in [-0.2, 0) is 14.3 Å². The number of hydrogen-bond donors (Lipinski definition) is 1. The highest BCUT2D eigenvalue weighted by Gasteiger charge is 2.31. The van der Waals surface area contributed by atoms with Crippen LogP contribution in [0.2, 0.25) is 0 Å². The van der Waals surface area contributed by atoms with E-state index in [9.17, 15) is 4.79 Å². The molecule has 1 amide bonds. The van der Waals surface area contributed by atoms with Gasteiger partial charge in [0.05, 0.1) is 30.5 Å². The highest BCUT2D eigenvalue weighted by molar-refractivity contribution is 5.82. The number of ether oxygens (including phenoxy) is 2. The Kier molecular flexibility index (Phi) is 11.6. The highest BCUT2D eigenvalue weighted by atomic mass is 16.5. The van der Waals surface area contributed by atoms with Crippen molar-refractivity contribution in [3.05, 3.63) is 0 Å². The average Bonchev–Trinajstić information content (AvgIpc) is 2.99. The molecule has 1 N–H and O–H groups in total. The van der Waals surface area contributed by atoms with E-state index in [0.29, 0.717) is 12.0 Å². The van der Waals surface area contributed by atoms with Crippen LogP contribution in [-0.4, -0.2) is 60.4 Å². The molecule has 0 spiro atoms. The lowest BCUT2D eigenvalue weighted by molar-refractivity contribution is -0.126. The van der Waals surface area contributed by atoms with E-state index in [1.807, 2.05) is 13.8 Å². The summed E-state index contributed by atoms with van der Waals surface area (Å²) in [5.74, 6) is 0.789. The second-order valence-electron chi connectivity index (χ2n) is 9.46. The molecule has 1 saturated heterocycles. The predicted molar refractivity (Wildman–Crippen MR) is 117 cm³/mol. The zero-order valence-corrected chi connectivity index (χ0v) is 19.7. The fourth-order valence-electron chi connectivity index (χ4n) is 4.40. The number of amides is 1. The molecule has 1 rings (SSSR count). The summed E-state index contributed by atoms with van der Waals surface area (Å²) >= 11 is 0. The van der Waals surface area contributed by atoms with Crippen LogP contribution in [0, 0.1) is 5.92 Å². The van der Waals surface area contributed by atoms with E-state index >= 15 is 0 Å². The van der Waals surface area contributed by atoms with Crippen molar-refractivity contribution >= 4 is 5.91 Å². The van der Waals surface area contributed by atoms with Crippen LogP contribution < -0.4 is 5.32 Å². The Morgan fingerprint density at radius 1 is 0.964 bits per heavy atom. The number of nitrogens with zero attached hydrogens (tertiary/aromatic N) is 1. The molecule has 0 aromatic carbocycles. The second kappa shape index (κ2) is 12.8. The first kappa shape index (κ1) is 25.4. The molecule has 1 heterocycles. The van der Waals surface area contributed by atoms with Crippen molar-refractivity contribution in [3.63, 3.8) is 0 Å². The minimum Gasteiger partial charge on any atom is -0.376 e. The lowest BCUT2D eigenvalue weighted by Crippen LogP contribution is -2.47. The highest BCUT2D eigenvalue weighted by Crippen LogP contribution is 2.21. The van der Waals surface area contributed by atoms with Gasteiger partial charge in [-0.2, -0.15) is 0 Å². The molecule has 0 aromatic rings. The molecule has 0 radical (unpaired) electrons. The van der Waals surface area contributed by atoms with E-state index < -0.39 is 0 Å². The summed E-state index contributed by atoms with van der Waals surface area (Å²) < 4.78 is 11.7. The maximum Gasteiger partial charge on any atom is 0.237 e. The Morgan fingerprint density at radius 3 is 2.11 bits per heavy atom. The number of likely N-dealkylation sites (tertiary alicyclic amines) is 1. The molecular formula is C23H46N2O3. The van der Waals surface area contributed by atoms with Crippen molar-refractivity contribution in [2.45, 2.75) is 124 Å². The minimum absolute atomic E-state index is 0.0281. The molecule has 166 valence electrons. The zero-order chi connectivity index (χ0) is 21.3. The van der Waals surface area contributed by atoms with Gasteiger partial charge in [-0.1, -0.05) is 6.92 Å². The van der Waals surface area contributed by atoms with Crippen LogP contribution in [0.3, 0.4) is 0 Å². The number of carbonyl (C=O) groups is 1. The van der Waals surface area contributed by atoms with Gasteiger partial charge in [0.15, 0.2) is 0 Å². The van der Waals surface area contributed by atoms with Crippen LogP contribution in [0.25, 0.3) is 0 Å². The molecule has 0 aliphatic carbocycles. The Bertz CT molecular complexity index is 442. The molecule has 5 heteroatoms. The van der Waals surface area contributed by atoms with E-state index in [1.165, 1.54) is 0 Å². The molecule has 5 nitrogen and oxygen atoms in total. The number of rotatable bonds is 13. The lowest BCUT2D eigenvalue weighted by atomic mass is 10.00. The Balaban J connectivity index is 2.39. The van der Waals surface area contributed by atoms with Crippen LogP contribution in [0.5, 0.6) is 0 Å². The Labute approximate surface area is 173 Å². The van der Waals surface area contributed by atoms with Gasteiger partial charge in [-0.05, 0) is 99.6 Å². The quantitative estimate of drug-likeness (QED) is 0.500. The molecule has 1 aliphatic heterocycles. The molecule has 0 aromatic heterocycles. The lowest BCUT2D eigenvalue weighted by Gasteiger charge is -2.28. The van der Waals surface area contributed by atoms with E-state index in [-0.39, 0.29) is 36.3 Å². The predicted octanol–water partition coefficient (Wildman–Crippen LogP) is 4.39. The van der Waals surface area contributed by atoms with Crippen LogP contribution in [0.15, 0.2) is 0 Å². The molecule has 5 atom stereocenters. The van der Waals surface area contributed by atoms with Crippen molar-refractivity contribution in [2.75, 3.05) is 13.1 Å². The normalized spacial score (nSPS) is 22.4. The van der Waals surface area contributed by atoms with Gasteiger partial charge in [0.1, 0.15) is 0 Å². The second-order valence-corrected chi connectivity index (χ2v) is 9.46. The van der Waals surface area contributed by atoms with Crippen molar-refractivity contribution in [2.24, 2.45) is 5.92 Å². The van der Waals surface area contributed by atoms with Gasteiger partial charge in [-0.15, -0.1) is 0 Å². The van der Waals surface area contributed by atoms with E-state index in [0.717, 1.165) is 45.2 Å². The van der Waals surface area contributed by atoms with Gasteiger partial charge in [0.2, 0.25) is 5.91 Å². The first-order valence-electron chi connectivity index (χ1n) is 11.4. The van der Waals surface area contributed by atoms with E-state index in [2.05, 4.69) is 51.8 Å². The number of carbonyl (C=O) groups excluding carboxylic acids is 1. The molecule has 1 fully saturated rings. The van der Waals surface area contributed by atoms with E-state index in [1.54, 1.807) is 0 Å². The standard InChI is InChI=1S/C23H46N2O3/c1-16(2)27-20(7)14-18(5)11-13-25-12-9-10-22(25)23(26)24-19(6)15-21(8)28-17(3)4/h16-22H,9-15H2,1-8H3,(H,24,26). The summed E-state index contributed by atoms with van der Waals surface area (Å²) in [7, 11) is 0. The van der Waals surface area contributed by atoms with Gasteiger partial charge in [0.25, 0.3) is 0 Å². The zero-order valence-electron chi connectivity index (χ0n) is 19.7. The third-order valence-corrected chi connectivity index (χ3v) is 5.39. The van der Waals surface area contributed by atoms with Crippen LogP contribution in [0.4, 0.5) is 0 Å². The topological polar surface area (TPSA) is 50.8 Å². The van der Waals surface area contributed by atoms with Gasteiger partial charge in [0, 0.05) is 6.04 Å². The van der Waals surface area contributed by atoms with Gasteiger partial charge in [-0.3, -0.25) is 9.69 Å². The number of nitrogens with one attached hydrogen (secondary N) is 1. The van der Waals surface area contributed by atoms with Gasteiger partial charge in [-0.25, -0.2) is 0 Å². The summed E-state index contributed by atoms with van der Waals surface area (Å²) in [5, 5.41) is 3.22.